The maximum absolute atomic E-state index is 4.92. The van der Waals surface area contributed by atoms with Gasteiger partial charge >= 0.3 is 0 Å². The van der Waals surface area contributed by atoms with Gasteiger partial charge in [0.05, 0.1) is 6.54 Å². The summed E-state index contributed by atoms with van der Waals surface area (Å²) in [6.45, 7) is 12.4. The zero-order valence-electron chi connectivity index (χ0n) is 16.4. The van der Waals surface area contributed by atoms with Gasteiger partial charge in [-0.1, -0.05) is 19.9 Å². The quantitative estimate of drug-likeness (QED) is 0.662. The zero-order chi connectivity index (χ0) is 18.6. The molecule has 0 aromatic carbocycles. The number of aromatic nitrogens is 3. The van der Waals surface area contributed by atoms with Gasteiger partial charge < -0.3 is 10.2 Å². The Hall–Kier alpha value is -2.37. The van der Waals surface area contributed by atoms with E-state index in [2.05, 4.69) is 47.0 Å². The standard InChI is InChI=1S/C20H30N6/c1-5-20(4)9-12-25(15-20)19(21-6-2)24-14-17-8-7-10-23-18(17)26-13-11-22-16(26)3/h7-8,10-11,13H,5-6,9,12,14-15H2,1-4H3,(H,21,24). The van der Waals surface area contributed by atoms with Crippen LogP contribution in [0.5, 0.6) is 0 Å². The summed E-state index contributed by atoms with van der Waals surface area (Å²) in [6, 6.07) is 4.06. The fraction of sp³-hybridized carbons (Fsp3) is 0.550. The predicted molar refractivity (Wildman–Crippen MR) is 105 cm³/mol. The van der Waals surface area contributed by atoms with Crippen molar-refractivity contribution in [2.45, 2.75) is 47.1 Å². The highest BCUT2D eigenvalue weighted by molar-refractivity contribution is 5.80. The maximum Gasteiger partial charge on any atom is 0.194 e. The van der Waals surface area contributed by atoms with E-state index in [1.165, 1.54) is 12.8 Å². The SMILES string of the molecule is CCNC(=NCc1cccnc1-n1ccnc1C)N1CCC(C)(CC)C1. The summed E-state index contributed by atoms with van der Waals surface area (Å²) in [4.78, 5) is 16.2. The van der Waals surface area contributed by atoms with E-state index < -0.39 is 0 Å². The van der Waals surface area contributed by atoms with Crippen molar-refractivity contribution in [3.63, 3.8) is 0 Å². The van der Waals surface area contributed by atoms with Gasteiger partial charge in [0.25, 0.3) is 0 Å². The highest BCUT2D eigenvalue weighted by Gasteiger charge is 2.33. The molecule has 1 atom stereocenters. The van der Waals surface area contributed by atoms with E-state index >= 15 is 0 Å². The number of hydrogen-bond donors (Lipinski definition) is 1. The van der Waals surface area contributed by atoms with Gasteiger partial charge in [-0.15, -0.1) is 0 Å². The van der Waals surface area contributed by atoms with Crippen LogP contribution < -0.4 is 5.32 Å². The minimum Gasteiger partial charge on any atom is -0.357 e. The largest absolute Gasteiger partial charge is 0.357 e. The van der Waals surface area contributed by atoms with Crippen molar-refractivity contribution >= 4 is 5.96 Å². The van der Waals surface area contributed by atoms with E-state index in [4.69, 9.17) is 4.99 Å². The highest BCUT2D eigenvalue weighted by Crippen LogP contribution is 2.33. The van der Waals surface area contributed by atoms with Crippen molar-refractivity contribution in [3.8, 4) is 5.82 Å². The van der Waals surface area contributed by atoms with Gasteiger partial charge in [-0.2, -0.15) is 0 Å². The normalized spacial score (nSPS) is 20.6. The lowest BCUT2D eigenvalue weighted by Crippen LogP contribution is -2.41. The summed E-state index contributed by atoms with van der Waals surface area (Å²) >= 11 is 0. The monoisotopic (exact) mass is 354 g/mol. The first kappa shape index (κ1) is 18.4. The van der Waals surface area contributed by atoms with E-state index in [0.29, 0.717) is 12.0 Å². The van der Waals surface area contributed by atoms with Crippen molar-refractivity contribution in [2.24, 2.45) is 10.4 Å². The van der Waals surface area contributed by atoms with Gasteiger partial charge in [-0.05, 0) is 38.2 Å². The summed E-state index contributed by atoms with van der Waals surface area (Å²) in [5.41, 5.74) is 1.49. The minimum atomic E-state index is 0.392. The van der Waals surface area contributed by atoms with Crippen molar-refractivity contribution in [2.75, 3.05) is 19.6 Å². The second-order valence-corrected chi connectivity index (χ2v) is 7.34. The summed E-state index contributed by atoms with van der Waals surface area (Å²) < 4.78 is 2.02. The molecule has 0 bridgehead atoms. The Labute approximate surface area is 156 Å². The molecule has 1 saturated heterocycles. The molecule has 1 aliphatic heterocycles. The molecule has 0 spiro atoms. The first-order chi connectivity index (χ1) is 12.6. The van der Waals surface area contributed by atoms with Crippen LogP contribution in [-0.2, 0) is 6.54 Å². The number of imidazole rings is 1. The van der Waals surface area contributed by atoms with E-state index in [1.54, 1.807) is 6.20 Å². The predicted octanol–water partition coefficient (Wildman–Crippen LogP) is 3.16. The van der Waals surface area contributed by atoms with Gasteiger partial charge in [0.1, 0.15) is 11.6 Å². The molecule has 6 nitrogen and oxygen atoms in total. The number of guanidine groups is 1. The molecular formula is C20H30N6. The lowest BCUT2D eigenvalue weighted by molar-refractivity contribution is 0.322. The van der Waals surface area contributed by atoms with Crippen LogP contribution in [0, 0.1) is 12.3 Å². The van der Waals surface area contributed by atoms with Crippen molar-refractivity contribution in [1.29, 1.82) is 0 Å². The number of rotatable bonds is 5. The van der Waals surface area contributed by atoms with E-state index in [1.807, 2.05) is 30.0 Å². The Balaban J connectivity index is 1.82. The molecule has 6 heteroatoms. The number of nitrogens with one attached hydrogen (secondary N) is 1. The van der Waals surface area contributed by atoms with Crippen molar-refractivity contribution in [1.82, 2.24) is 24.8 Å². The fourth-order valence-electron chi connectivity index (χ4n) is 3.45. The summed E-state index contributed by atoms with van der Waals surface area (Å²) in [6.07, 6.45) is 8.00. The van der Waals surface area contributed by atoms with E-state index in [9.17, 15) is 0 Å². The molecule has 3 heterocycles. The molecular weight excluding hydrogens is 324 g/mol. The molecule has 0 saturated carbocycles. The lowest BCUT2D eigenvalue weighted by atomic mass is 9.87. The summed E-state index contributed by atoms with van der Waals surface area (Å²) in [7, 11) is 0. The molecule has 26 heavy (non-hydrogen) atoms. The van der Waals surface area contributed by atoms with Crippen LogP contribution in [0.3, 0.4) is 0 Å². The molecule has 2 aromatic rings. The van der Waals surface area contributed by atoms with Crippen LogP contribution in [0.15, 0.2) is 35.7 Å². The maximum atomic E-state index is 4.92. The van der Waals surface area contributed by atoms with Gasteiger partial charge in [0.2, 0.25) is 0 Å². The molecule has 1 aliphatic rings. The Morgan fingerprint density at radius 2 is 2.15 bits per heavy atom. The summed E-state index contributed by atoms with van der Waals surface area (Å²) in [5, 5.41) is 3.46. The molecule has 1 unspecified atom stereocenters. The molecule has 0 amide bonds. The Morgan fingerprint density at radius 1 is 1.31 bits per heavy atom. The number of nitrogens with zero attached hydrogens (tertiary/aromatic N) is 5. The average Bonchev–Trinajstić information content (AvgIpc) is 3.25. The lowest BCUT2D eigenvalue weighted by Gasteiger charge is -2.25. The van der Waals surface area contributed by atoms with Crippen molar-refractivity contribution in [3.05, 3.63) is 42.1 Å². The number of hydrogen-bond acceptors (Lipinski definition) is 3. The van der Waals surface area contributed by atoms with Gasteiger partial charge in [-0.25, -0.2) is 15.0 Å². The molecule has 140 valence electrons. The number of aliphatic imine (C=N–C) groups is 1. The van der Waals surface area contributed by atoms with E-state index in [0.717, 1.165) is 42.8 Å². The third-order valence-electron chi connectivity index (χ3n) is 5.37. The Bertz CT molecular complexity index is 765. The third-order valence-corrected chi connectivity index (χ3v) is 5.37. The zero-order valence-corrected chi connectivity index (χ0v) is 16.4. The average molecular weight is 355 g/mol. The first-order valence-electron chi connectivity index (χ1n) is 9.54. The van der Waals surface area contributed by atoms with Crippen LogP contribution >= 0.6 is 0 Å². The molecule has 1 N–H and O–H groups in total. The second-order valence-electron chi connectivity index (χ2n) is 7.34. The van der Waals surface area contributed by atoms with Crippen molar-refractivity contribution < 1.29 is 0 Å². The van der Waals surface area contributed by atoms with Crippen LogP contribution in [0.1, 0.15) is 45.0 Å². The Kier molecular flexibility index (Phi) is 5.59. The second kappa shape index (κ2) is 7.89. The topological polar surface area (TPSA) is 58.3 Å². The van der Waals surface area contributed by atoms with Crippen LogP contribution in [0.4, 0.5) is 0 Å². The molecule has 0 aliphatic carbocycles. The number of aryl methyl sites for hydroxylation is 1. The van der Waals surface area contributed by atoms with Crippen LogP contribution in [0.25, 0.3) is 5.82 Å². The smallest absolute Gasteiger partial charge is 0.194 e. The van der Waals surface area contributed by atoms with E-state index in [-0.39, 0.29) is 0 Å². The molecule has 3 rings (SSSR count). The van der Waals surface area contributed by atoms with Crippen LogP contribution in [0.2, 0.25) is 0 Å². The minimum absolute atomic E-state index is 0.392. The Morgan fingerprint density at radius 3 is 2.81 bits per heavy atom. The third kappa shape index (κ3) is 3.89. The van der Waals surface area contributed by atoms with Gasteiger partial charge in [0, 0.05) is 43.8 Å². The number of likely N-dealkylation sites (tertiary alicyclic amines) is 1. The van der Waals surface area contributed by atoms with Gasteiger partial charge in [-0.3, -0.25) is 4.57 Å². The fourth-order valence-corrected chi connectivity index (χ4v) is 3.45. The molecule has 1 fully saturated rings. The molecule has 2 aromatic heterocycles. The highest BCUT2D eigenvalue weighted by atomic mass is 15.3. The molecule has 0 radical (unpaired) electrons. The first-order valence-corrected chi connectivity index (χ1v) is 9.54. The number of pyridine rings is 1. The van der Waals surface area contributed by atoms with Gasteiger partial charge in [0.15, 0.2) is 5.96 Å². The van der Waals surface area contributed by atoms with Crippen LogP contribution in [-0.4, -0.2) is 45.0 Å². The summed E-state index contributed by atoms with van der Waals surface area (Å²) in [5.74, 6) is 2.84.